The molecule has 0 bridgehead atoms. The lowest BCUT2D eigenvalue weighted by atomic mass is 9.83. The number of methoxy groups -OCH3 is 2. The second-order valence-electron chi connectivity index (χ2n) is 12.3. The number of aliphatic carboxylic acids is 1. The number of carboxylic acid groups (broad SMARTS) is 1. The minimum atomic E-state index is -1.22. The van der Waals surface area contributed by atoms with Crippen LogP contribution < -0.4 is 19.1 Å². The minimum Gasteiger partial charge on any atom is -0.496 e. The normalized spacial score (nSPS) is 14.9. The fourth-order valence-corrected chi connectivity index (χ4v) is 6.39. The summed E-state index contributed by atoms with van der Waals surface area (Å²) in [6.45, 7) is 12.5. The molecule has 0 saturated heterocycles. The van der Waals surface area contributed by atoms with Crippen LogP contribution in [0.4, 0.5) is 5.69 Å². The van der Waals surface area contributed by atoms with Crippen molar-refractivity contribution < 1.29 is 33.6 Å². The van der Waals surface area contributed by atoms with Gasteiger partial charge in [-0.1, -0.05) is 0 Å². The van der Waals surface area contributed by atoms with Gasteiger partial charge in [-0.25, -0.2) is 4.79 Å². The van der Waals surface area contributed by atoms with Crippen LogP contribution in [0.1, 0.15) is 77.0 Å². The van der Waals surface area contributed by atoms with E-state index in [1.54, 1.807) is 25.2 Å². The molecule has 0 aromatic heterocycles. The summed E-state index contributed by atoms with van der Waals surface area (Å²) < 4.78 is 23.5. The Hall–Kier alpha value is -4.04. The molecule has 43 heavy (non-hydrogen) atoms. The fourth-order valence-electron chi connectivity index (χ4n) is 6.39. The van der Waals surface area contributed by atoms with E-state index in [0.717, 1.165) is 69.0 Å². The van der Waals surface area contributed by atoms with Gasteiger partial charge in [-0.2, -0.15) is 0 Å². The van der Waals surface area contributed by atoms with Crippen molar-refractivity contribution in [2.45, 2.75) is 72.5 Å². The molecule has 5 rings (SSSR count). The summed E-state index contributed by atoms with van der Waals surface area (Å²) in [7, 11) is 3.23. The van der Waals surface area contributed by atoms with Crippen LogP contribution in [0.2, 0.25) is 0 Å². The number of anilines is 1. The predicted molar refractivity (Wildman–Crippen MR) is 166 cm³/mol. The Morgan fingerprint density at radius 2 is 1.67 bits per heavy atom. The third-order valence-corrected chi connectivity index (χ3v) is 8.32. The van der Waals surface area contributed by atoms with Crippen LogP contribution >= 0.6 is 0 Å². The molecule has 2 aliphatic heterocycles. The summed E-state index contributed by atoms with van der Waals surface area (Å²) in [6.07, 6.45) is 1.06. The number of benzene rings is 3. The second-order valence-corrected chi connectivity index (χ2v) is 12.3. The van der Waals surface area contributed by atoms with Gasteiger partial charge in [-0.3, -0.25) is 4.79 Å². The molecule has 228 valence electrons. The number of amides is 1. The molecule has 1 N–H and O–H groups in total. The topological polar surface area (TPSA) is 94.5 Å². The van der Waals surface area contributed by atoms with E-state index in [-0.39, 0.29) is 5.91 Å². The van der Waals surface area contributed by atoms with E-state index in [0.29, 0.717) is 36.4 Å². The van der Waals surface area contributed by atoms with Crippen LogP contribution in [-0.4, -0.2) is 50.0 Å². The maximum Gasteiger partial charge on any atom is 0.337 e. The van der Waals surface area contributed by atoms with Crippen LogP contribution in [0.3, 0.4) is 0 Å². The van der Waals surface area contributed by atoms with Crippen molar-refractivity contribution >= 4 is 17.6 Å². The summed E-state index contributed by atoms with van der Waals surface area (Å²) >= 11 is 0. The first-order valence-electron chi connectivity index (χ1n) is 14.7. The highest BCUT2D eigenvalue weighted by molar-refractivity contribution is 6.08. The van der Waals surface area contributed by atoms with Gasteiger partial charge in [0.15, 0.2) is 17.6 Å². The van der Waals surface area contributed by atoms with Crippen molar-refractivity contribution in [1.82, 2.24) is 0 Å². The molecule has 3 aromatic rings. The van der Waals surface area contributed by atoms with Crippen LogP contribution in [0.5, 0.6) is 17.2 Å². The first-order valence-corrected chi connectivity index (χ1v) is 14.7. The summed E-state index contributed by atoms with van der Waals surface area (Å²) in [5.41, 5.74) is 7.50. The average Bonchev–Trinajstić information content (AvgIpc) is 3.38. The van der Waals surface area contributed by atoms with Crippen LogP contribution in [0.25, 0.3) is 11.1 Å². The number of nitrogens with zero attached hydrogens (tertiary/aromatic N) is 1. The van der Waals surface area contributed by atoms with Gasteiger partial charge in [0, 0.05) is 28.9 Å². The maximum absolute atomic E-state index is 13.9. The lowest BCUT2D eigenvalue weighted by molar-refractivity contribution is -0.160. The van der Waals surface area contributed by atoms with Gasteiger partial charge in [0.05, 0.1) is 26.4 Å². The largest absolute Gasteiger partial charge is 0.496 e. The van der Waals surface area contributed by atoms with Gasteiger partial charge >= 0.3 is 5.97 Å². The van der Waals surface area contributed by atoms with Crippen molar-refractivity contribution in [2.24, 2.45) is 0 Å². The first kappa shape index (κ1) is 30.4. The van der Waals surface area contributed by atoms with Crippen molar-refractivity contribution in [1.29, 1.82) is 0 Å². The Labute approximate surface area is 253 Å². The first-order chi connectivity index (χ1) is 20.4. The number of hydrogen-bond acceptors (Lipinski definition) is 6. The lowest BCUT2D eigenvalue weighted by Gasteiger charge is -2.31. The number of rotatable bonds is 7. The Balaban J connectivity index is 1.77. The summed E-state index contributed by atoms with van der Waals surface area (Å²) in [5.74, 6) is 0.898. The Morgan fingerprint density at radius 1 is 0.953 bits per heavy atom. The molecule has 0 saturated carbocycles. The molecule has 8 nitrogen and oxygen atoms in total. The molecule has 0 unspecified atom stereocenters. The highest BCUT2D eigenvalue weighted by Crippen LogP contribution is 2.49. The summed E-state index contributed by atoms with van der Waals surface area (Å²) in [5, 5.41) is 10.5. The van der Waals surface area contributed by atoms with E-state index in [1.165, 1.54) is 0 Å². The zero-order chi connectivity index (χ0) is 31.2. The van der Waals surface area contributed by atoms with Gasteiger partial charge in [-0.05, 0) is 125 Å². The van der Waals surface area contributed by atoms with Gasteiger partial charge in [0.1, 0.15) is 5.75 Å². The molecule has 0 radical (unpaired) electrons. The molecule has 1 atom stereocenters. The molecule has 0 aliphatic carbocycles. The lowest BCUT2D eigenvalue weighted by Crippen LogP contribution is -2.29. The van der Waals surface area contributed by atoms with Crippen LogP contribution in [-0.2, 0) is 22.4 Å². The number of carbonyl (C=O) groups is 2. The zero-order valence-electron chi connectivity index (χ0n) is 26.3. The molecular weight excluding hydrogens is 546 g/mol. The summed E-state index contributed by atoms with van der Waals surface area (Å²) in [4.78, 5) is 28.6. The van der Waals surface area contributed by atoms with Crippen molar-refractivity contribution in [3.63, 3.8) is 0 Å². The standard InChI is InChI=1S/C35H41NO7/c1-19-16-22(11-12-27(19)40-7)33(37)36-14-13-24-26(36)17-20(2)29(32(34(38)39)43-35(4,5)6)30(24)25-18-28(41-8)31-23(21(25)3)10-9-15-42-31/h11-12,16-18,32H,9-10,13-15H2,1-8H3,(H,38,39)/t32-/m0/s1. The van der Waals surface area contributed by atoms with Crippen LogP contribution in [0, 0.1) is 20.8 Å². The van der Waals surface area contributed by atoms with Crippen molar-refractivity contribution in [3.05, 3.63) is 69.3 Å². The SMILES string of the molecule is COc1ccc(C(=O)N2CCc3c2cc(C)c([C@H](OC(C)(C)C)C(=O)O)c3-c2cc(OC)c3c(c2C)CCCO3)cc1C. The van der Waals surface area contributed by atoms with E-state index in [4.69, 9.17) is 18.9 Å². The smallest absolute Gasteiger partial charge is 0.337 e. The number of carboxylic acids is 1. The third kappa shape index (κ3) is 5.56. The Bertz CT molecular complexity index is 1600. The average molecular weight is 588 g/mol. The monoisotopic (exact) mass is 587 g/mol. The van der Waals surface area contributed by atoms with E-state index < -0.39 is 17.7 Å². The third-order valence-electron chi connectivity index (χ3n) is 8.32. The molecular formula is C35H41NO7. The summed E-state index contributed by atoms with van der Waals surface area (Å²) in [6, 6.07) is 9.32. The van der Waals surface area contributed by atoms with Crippen molar-refractivity contribution in [2.75, 3.05) is 32.3 Å². The number of aryl methyl sites for hydroxylation is 2. The molecule has 1 amide bonds. The predicted octanol–water partition coefficient (Wildman–Crippen LogP) is 6.76. The van der Waals surface area contributed by atoms with Gasteiger partial charge < -0.3 is 29.0 Å². The fraction of sp³-hybridized carbons (Fsp3) is 0.429. The zero-order valence-corrected chi connectivity index (χ0v) is 26.3. The number of hydrogen-bond donors (Lipinski definition) is 1. The number of carbonyl (C=O) groups excluding carboxylic acids is 1. The molecule has 2 heterocycles. The number of fused-ring (bicyclic) bond motifs is 2. The highest BCUT2D eigenvalue weighted by atomic mass is 16.5. The Morgan fingerprint density at radius 3 is 2.30 bits per heavy atom. The number of ether oxygens (including phenoxy) is 4. The second kappa shape index (κ2) is 11.6. The molecule has 8 heteroatoms. The molecule has 0 spiro atoms. The Kier molecular flexibility index (Phi) is 8.18. The van der Waals surface area contributed by atoms with E-state index in [9.17, 15) is 14.7 Å². The maximum atomic E-state index is 13.9. The molecule has 3 aromatic carbocycles. The van der Waals surface area contributed by atoms with E-state index >= 15 is 0 Å². The van der Waals surface area contributed by atoms with Gasteiger partial charge in [0.2, 0.25) is 0 Å². The quantitative estimate of drug-likeness (QED) is 0.326. The van der Waals surface area contributed by atoms with Gasteiger partial charge in [0.25, 0.3) is 5.91 Å². The van der Waals surface area contributed by atoms with Crippen molar-refractivity contribution in [3.8, 4) is 28.4 Å². The van der Waals surface area contributed by atoms with E-state index in [1.807, 2.05) is 58.9 Å². The molecule has 2 aliphatic rings. The highest BCUT2D eigenvalue weighted by Gasteiger charge is 2.37. The van der Waals surface area contributed by atoms with Gasteiger partial charge in [-0.15, -0.1) is 0 Å². The van der Waals surface area contributed by atoms with E-state index in [2.05, 4.69) is 6.92 Å². The van der Waals surface area contributed by atoms with Crippen LogP contribution in [0.15, 0.2) is 30.3 Å². The molecule has 0 fully saturated rings. The minimum absolute atomic E-state index is 0.114.